The Kier molecular flexibility index (Phi) is 6.03. The molecule has 25 heavy (non-hydrogen) atoms. The fraction of sp³-hybridized carbons (Fsp3) is 0.250. The van der Waals surface area contributed by atoms with Gasteiger partial charge < -0.3 is 0 Å². The molecule has 0 saturated carbocycles. The number of fused-ring (bicyclic) bond motifs is 1. The van der Waals surface area contributed by atoms with Crippen LogP contribution in [0.2, 0.25) is 5.02 Å². The average molecular weight is 484 g/mol. The van der Waals surface area contributed by atoms with Crippen molar-refractivity contribution in [1.82, 2.24) is 4.57 Å². The predicted octanol–water partition coefficient (Wildman–Crippen LogP) is 6.15. The summed E-state index contributed by atoms with van der Waals surface area (Å²) in [5.41, 5.74) is 3.63. The van der Waals surface area contributed by atoms with Crippen LogP contribution >= 0.6 is 44.5 Å². The lowest BCUT2D eigenvalue weighted by Gasteiger charge is -2.06. The molecule has 0 radical (unpaired) electrons. The third-order valence-electron chi connectivity index (χ3n) is 4.63. The lowest BCUT2D eigenvalue weighted by Crippen LogP contribution is -2.35. The summed E-state index contributed by atoms with van der Waals surface area (Å²) in [6.45, 7) is 1.10. The highest BCUT2D eigenvalue weighted by atomic mass is 79.9. The molecular formula is C20H20Br2ClN2+. The molecule has 4 rings (SSSR count). The minimum absolute atomic E-state index is 0. The molecule has 2 heterocycles. The summed E-state index contributed by atoms with van der Waals surface area (Å²) in [5, 5.41) is 0.773. The van der Waals surface area contributed by atoms with Gasteiger partial charge in [-0.25, -0.2) is 4.57 Å². The Bertz CT molecular complexity index is 855. The highest BCUT2D eigenvalue weighted by Crippen LogP contribution is 2.28. The minimum Gasteiger partial charge on any atom is -0.233 e. The molecule has 2 aromatic carbocycles. The summed E-state index contributed by atoms with van der Waals surface area (Å²) >= 11 is 9.62. The van der Waals surface area contributed by atoms with Crippen LogP contribution < -0.4 is 4.57 Å². The molecule has 0 unspecified atom stereocenters. The second-order valence-electron chi connectivity index (χ2n) is 6.25. The molecule has 1 aliphatic rings. The number of nitrogens with zero attached hydrogens (tertiary/aromatic N) is 2. The van der Waals surface area contributed by atoms with Crippen LogP contribution in [-0.4, -0.2) is 4.57 Å². The number of hydrogen-bond donors (Lipinski definition) is 0. The first-order valence-corrected chi connectivity index (χ1v) is 9.55. The first-order valence-electron chi connectivity index (χ1n) is 8.38. The van der Waals surface area contributed by atoms with Gasteiger partial charge in [-0.3, -0.25) is 0 Å². The molecule has 5 heteroatoms. The fourth-order valence-electron chi connectivity index (χ4n) is 3.44. The van der Waals surface area contributed by atoms with E-state index in [0.717, 1.165) is 22.5 Å². The van der Waals surface area contributed by atoms with Crippen molar-refractivity contribution >= 4 is 44.5 Å². The number of rotatable bonds is 2. The van der Waals surface area contributed by atoms with Gasteiger partial charge in [-0.15, -0.1) is 17.0 Å². The van der Waals surface area contributed by atoms with Crippen LogP contribution in [0.15, 0.2) is 59.2 Å². The van der Waals surface area contributed by atoms with E-state index in [0.29, 0.717) is 0 Å². The normalized spacial score (nSPS) is 13.7. The van der Waals surface area contributed by atoms with E-state index in [1.54, 1.807) is 0 Å². The second-order valence-corrected chi connectivity index (χ2v) is 7.61. The lowest BCUT2D eigenvalue weighted by atomic mass is 10.1. The van der Waals surface area contributed by atoms with Crippen molar-refractivity contribution < 1.29 is 4.57 Å². The Morgan fingerprint density at radius 2 is 1.64 bits per heavy atom. The van der Waals surface area contributed by atoms with E-state index in [-0.39, 0.29) is 17.0 Å². The molecule has 1 aliphatic heterocycles. The predicted molar refractivity (Wildman–Crippen MR) is 112 cm³/mol. The van der Waals surface area contributed by atoms with E-state index >= 15 is 0 Å². The van der Waals surface area contributed by atoms with Gasteiger partial charge in [-0.05, 0) is 67.8 Å². The van der Waals surface area contributed by atoms with E-state index in [1.807, 2.05) is 12.1 Å². The van der Waals surface area contributed by atoms with Crippen molar-refractivity contribution in [3.63, 3.8) is 0 Å². The Morgan fingerprint density at radius 1 is 0.920 bits per heavy atom. The number of aryl methyl sites for hydroxylation is 1. The maximum atomic E-state index is 6.08. The average Bonchev–Trinajstić information content (AvgIpc) is 2.79. The molecule has 3 aromatic rings. The first kappa shape index (κ1) is 18.7. The van der Waals surface area contributed by atoms with Crippen LogP contribution in [0.4, 0.5) is 0 Å². The highest BCUT2D eigenvalue weighted by molar-refractivity contribution is 9.10. The Hall–Kier alpha value is -1.10. The quantitative estimate of drug-likeness (QED) is 0.387. The van der Waals surface area contributed by atoms with Crippen LogP contribution in [0.3, 0.4) is 0 Å². The summed E-state index contributed by atoms with van der Waals surface area (Å²) in [7, 11) is 0. The van der Waals surface area contributed by atoms with Gasteiger partial charge in [0.05, 0.1) is 6.54 Å². The monoisotopic (exact) mass is 481 g/mol. The van der Waals surface area contributed by atoms with Gasteiger partial charge in [0.25, 0.3) is 5.82 Å². The fourth-order valence-corrected chi connectivity index (χ4v) is 3.83. The zero-order valence-corrected chi connectivity index (χ0v) is 17.8. The Labute approximate surface area is 172 Å². The standard InChI is InChI=1S/C20H19BrClN2.BrH/c21-16-7-11-18(12-8-16)24-19(15-5-9-17(22)10-6-15)14-23-13-3-1-2-4-20(23)24;/h5-12,14H,1-4,13H2;1H/q+1;. The first-order chi connectivity index (χ1) is 11.7. The molecule has 1 aromatic heterocycles. The van der Waals surface area contributed by atoms with Crippen LogP contribution in [0, 0.1) is 0 Å². The third kappa shape index (κ3) is 3.86. The zero-order valence-electron chi connectivity index (χ0n) is 13.8. The molecule has 0 amide bonds. The number of hydrogen-bond acceptors (Lipinski definition) is 0. The molecule has 0 N–H and O–H groups in total. The second kappa shape index (κ2) is 8.07. The van der Waals surface area contributed by atoms with Crippen molar-refractivity contribution in [1.29, 1.82) is 0 Å². The lowest BCUT2D eigenvalue weighted by molar-refractivity contribution is -0.702. The molecule has 130 valence electrons. The number of aromatic nitrogens is 2. The topological polar surface area (TPSA) is 8.81 Å². The van der Waals surface area contributed by atoms with E-state index in [2.05, 4.69) is 67.7 Å². The molecule has 0 spiro atoms. The van der Waals surface area contributed by atoms with E-state index in [9.17, 15) is 0 Å². The van der Waals surface area contributed by atoms with E-state index < -0.39 is 0 Å². The van der Waals surface area contributed by atoms with Crippen molar-refractivity contribution in [3.05, 3.63) is 70.0 Å². The highest BCUT2D eigenvalue weighted by Gasteiger charge is 2.26. The van der Waals surface area contributed by atoms with Gasteiger partial charge in [0.1, 0.15) is 11.9 Å². The van der Waals surface area contributed by atoms with Gasteiger partial charge >= 0.3 is 0 Å². The molecule has 0 bridgehead atoms. The van der Waals surface area contributed by atoms with Crippen molar-refractivity contribution in [3.8, 4) is 16.9 Å². The molecule has 0 atom stereocenters. The van der Waals surface area contributed by atoms with Crippen LogP contribution in [0.5, 0.6) is 0 Å². The van der Waals surface area contributed by atoms with Crippen LogP contribution in [0.1, 0.15) is 25.1 Å². The Morgan fingerprint density at radius 3 is 2.36 bits per heavy atom. The molecule has 0 aliphatic carbocycles. The summed E-state index contributed by atoms with van der Waals surface area (Å²) in [6, 6.07) is 16.7. The summed E-state index contributed by atoms with van der Waals surface area (Å²) in [4.78, 5) is 0. The maximum Gasteiger partial charge on any atom is 0.262 e. The van der Waals surface area contributed by atoms with E-state index in [1.165, 1.54) is 42.0 Å². The molecule has 2 nitrogen and oxygen atoms in total. The third-order valence-corrected chi connectivity index (χ3v) is 5.41. The summed E-state index contributed by atoms with van der Waals surface area (Å²) in [6.07, 6.45) is 7.22. The number of halogens is 3. The number of imidazole rings is 1. The molecule has 0 fully saturated rings. The van der Waals surface area contributed by atoms with Gasteiger partial charge in [0, 0.05) is 21.5 Å². The van der Waals surface area contributed by atoms with Crippen molar-refractivity contribution in [2.45, 2.75) is 32.2 Å². The van der Waals surface area contributed by atoms with Gasteiger partial charge in [0.2, 0.25) is 0 Å². The smallest absolute Gasteiger partial charge is 0.233 e. The number of benzene rings is 2. The van der Waals surface area contributed by atoms with Crippen molar-refractivity contribution in [2.24, 2.45) is 0 Å². The Balaban J connectivity index is 0.00000182. The SMILES string of the molecule is Br.Clc1ccc(-c2c[n+]3c(n2-c2ccc(Br)cc2)CCCCC3)cc1. The minimum atomic E-state index is 0. The van der Waals surface area contributed by atoms with Crippen LogP contribution in [0.25, 0.3) is 16.9 Å². The summed E-state index contributed by atoms with van der Waals surface area (Å²) < 4.78 is 5.94. The maximum absolute atomic E-state index is 6.08. The largest absolute Gasteiger partial charge is 0.262 e. The van der Waals surface area contributed by atoms with Crippen LogP contribution in [-0.2, 0) is 13.0 Å². The molecule has 0 saturated heterocycles. The van der Waals surface area contributed by atoms with Gasteiger partial charge in [-0.2, -0.15) is 4.57 Å². The van der Waals surface area contributed by atoms with E-state index in [4.69, 9.17) is 11.6 Å². The summed E-state index contributed by atoms with van der Waals surface area (Å²) in [5.74, 6) is 1.39. The zero-order chi connectivity index (χ0) is 16.5. The molecular weight excluding hydrogens is 463 g/mol. The van der Waals surface area contributed by atoms with Gasteiger partial charge in [-0.1, -0.05) is 27.5 Å². The van der Waals surface area contributed by atoms with Crippen molar-refractivity contribution in [2.75, 3.05) is 0 Å². The van der Waals surface area contributed by atoms with Gasteiger partial charge in [0.15, 0.2) is 5.69 Å².